The van der Waals surface area contributed by atoms with Crippen LogP contribution in [0, 0.1) is 0 Å². The zero-order valence-corrected chi connectivity index (χ0v) is 13.7. The van der Waals surface area contributed by atoms with Crippen molar-refractivity contribution in [3.63, 3.8) is 0 Å². The van der Waals surface area contributed by atoms with Crippen LogP contribution in [0.1, 0.15) is 24.3 Å². The molecule has 1 aliphatic heterocycles. The van der Waals surface area contributed by atoms with Crippen molar-refractivity contribution in [1.82, 2.24) is 4.98 Å². The number of carbonyl (C=O) groups excluding carboxylic acids is 1. The molecule has 3 rings (SSSR count). The Morgan fingerprint density at radius 1 is 1.36 bits per heavy atom. The maximum atomic E-state index is 11.7. The lowest BCUT2D eigenvalue weighted by Gasteiger charge is -2.09. The summed E-state index contributed by atoms with van der Waals surface area (Å²) in [5.74, 6) is -0.226. The molecule has 0 amide bonds. The van der Waals surface area contributed by atoms with Gasteiger partial charge in [0.1, 0.15) is 6.10 Å². The fraction of sp³-hybridized carbons (Fsp3) is 0.467. The van der Waals surface area contributed by atoms with Crippen molar-refractivity contribution in [1.29, 1.82) is 0 Å². The summed E-state index contributed by atoms with van der Waals surface area (Å²) >= 11 is 1.64. The first kappa shape index (κ1) is 15.4. The number of fused-ring (bicyclic) bond motifs is 1. The normalized spacial score (nSPS) is 20.3. The summed E-state index contributed by atoms with van der Waals surface area (Å²) in [5, 5.41) is 1.01. The van der Waals surface area contributed by atoms with Crippen LogP contribution in [0.5, 0.6) is 0 Å². The zero-order valence-electron chi connectivity index (χ0n) is 12.0. The highest BCUT2D eigenvalue weighted by molar-refractivity contribution is 7.91. The molecule has 0 N–H and O–H groups in total. The Hall–Kier alpha value is -1.47. The number of esters is 1. The van der Waals surface area contributed by atoms with Crippen LogP contribution < -0.4 is 0 Å². The maximum Gasteiger partial charge on any atom is 0.306 e. The predicted molar refractivity (Wildman–Crippen MR) is 85.7 cm³/mol. The van der Waals surface area contributed by atoms with E-state index >= 15 is 0 Å². The third kappa shape index (κ3) is 3.84. The molecule has 1 aliphatic rings. The molecule has 0 bridgehead atoms. The molecule has 1 atom stereocenters. The molecule has 0 spiro atoms. The molecule has 1 unspecified atom stereocenters. The molecule has 118 valence electrons. The number of sulfone groups is 1. The molecular weight excluding hydrogens is 322 g/mol. The van der Waals surface area contributed by atoms with Gasteiger partial charge in [0, 0.05) is 6.42 Å². The highest BCUT2D eigenvalue weighted by Crippen LogP contribution is 2.23. The summed E-state index contributed by atoms with van der Waals surface area (Å²) in [6.07, 6.45) is 1.66. The molecule has 1 saturated heterocycles. The van der Waals surface area contributed by atoms with Crippen LogP contribution in [-0.2, 0) is 25.8 Å². The summed E-state index contributed by atoms with van der Waals surface area (Å²) < 4.78 is 29.0. The molecule has 1 aromatic carbocycles. The highest BCUT2D eigenvalue weighted by Gasteiger charge is 2.30. The minimum absolute atomic E-state index is 0.0311. The Morgan fingerprint density at radius 3 is 2.91 bits per heavy atom. The summed E-state index contributed by atoms with van der Waals surface area (Å²) in [4.78, 5) is 16.3. The lowest BCUT2D eigenvalue weighted by Crippen LogP contribution is -2.19. The largest absolute Gasteiger partial charge is 0.461 e. The van der Waals surface area contributed by atoms with Gasteiger partial charge in [0.15, 0.2) is 9.84 Å². The molecule has 7 heteroatoms. The van der Waals surface area contributed by atoms with E-state index in [2.05, 4.69) is 4.98 Å². The number of hydrogen-bond acceptors (Lipinski definition) is 6. The van der Waals surface area contributed by atoms with Crippen molar-refractivity contribution in [3.05, 3.63) is 29.3 Å². The zero-order chi connectivity index (χ0) is 15.6. The molecule has 2 heterocycles. The van der Waals surface area contributed by atoms with Gasteiger partial charge in [0.05, 0.1) is 26.7 Å². The molecule has 0 radical (unpaired) electrons. The lowest BCUT2D eigenvalue weighted by molar-refractivity contribution is -0.147. The third-order valence-corrected chi connectivity index (χ3v) is 6.43. The van der Waals surface area contributed by atoms with Gasteiger partial charge < -0.3 is 4.74 Å². The molecular formula is C15H17NO4S2. The predicted octanol–water partition coefficient (Wildman–Crippen LogP) is 2.35. The summed E-state index contributed by atoms with van der Waals surface area (Å²) in [5.41, 5.74) is 0.987. The molecule has 0 saturated carbocycles. The van der Waals surface area contributed by atoms with Crippen LogP contribution in [0.2, 0.25) is 0 Å². The second kappa shape index (κ2) is 6.34. The fourth-order valence-corrected chi connectivity index (χ4v) is 5.11. The first-order valence-corrected chi connectivity index (χ1v) is 9.90. The molecule has 22 heavy (non-hydrogen) atoms. The second-order valence-electron chi connectivity index (χ2n) is 5.44. The number of benzene rings is 1. The Kier molecular flexibility index (Phi) is 4.44. The Bertz CT molecular complexity index is 749. The SMILES string of the molecule is O=C(CCCc1nc2ccccc2s1)OC1CCS(=O)(=O)C1. The molecule has 2 aromatic rings. The van der Waals surface area contributed by atoms with Gasteiger partial charge in [-0.15, -0.1) is 11.3 Å². The average Bonchev–Trinajstić information content (AvgIpc) is 3.01. The number of para-hydroxylation sites is 1. The van der Waals surface area contributed by atoms with Gasteiger partial charge in [-0.3, -0.25) is 4.79 Å². The van der Waals surface area contributed by atoms with E-state index < -0.39 is 15.9 Å². The van der Waals surface area contributed by atoms with Gasteiger partial charge in [-0.05, 0) is 31.4 Å². The number of nitrogens with zero attached hydrogens (tertiary/aromatic N) is 1. The van der Waals surface area contributed by atoms with Gasteiger partial charge in [0.2, 0.25) is 0 Å². The van der Waals surface area contributed by atoms with E-state index in [0.717, 1.165) is 21.6 Å². The quantitative estimate of drug-likeness (QED) is 0.782. The van der Waals surface area contributed by atoms with Gasteiger partial charge in [0.25, 0.3) is 0 Å². The van der Waals surface area contributed by atoms with Gasteiger partial charge in [-0.1, -0.05) is 12.1 Å². The van der Waals surface area contributed by atoms with Gasteiger partial charge >= 0.3 is 5.97 Å². The van der Waals surface area contributed by atoms with E-state index in [-0.39, 0.29) is 17.5 Å². The topological polar surface area (TPSA) is 73.3 Å². The van der Waals surface area contributed by atoms with Crippen molar-refractivity contribution in [2.45, 2.75) is 31.8 Å². The molecule has 5 nitrogen and oxygen atoms in total. The fourth-order valence-electron chi connectivity index (χ4n) is 2.51. The van der Waals surface area contributed by atoms with E-state index in [0.29, 0.717) is 19.3 Å². The van der Waals surface area contributed by atoms with Crippen LogP contribution in [0.25, 0.3) is 10.2 Å². The minimum atomic E-state index is -3.00. The Morgan fingerprint density at radius 2 is 2.18 bits per heavy atom. The van der Waals surface area contributed by atoms with E-state index in [1.807, 2.05) is 24.3 Å². The number of thiazole rings is 1. The number of rotatable bonds is 5. The minimum Gasteiger partial charge on any atom is -0.461 e. The van der Waals surface area contributed by atoms with Crippen molar-refractivity contribution in [3.8, 4) is 0 Å². The monoisotopic (exact) mass is 339 g/mol. The van der Waals surface area contributed by atoms with Crippen LogP contribution in [0.15, 0.2) is 24.3 Å². The number of carbonyl (C=O) groups is 1. The molecule has 1 fully saturated rings. The van der Waals surface area contributed by atoms with E-state index in [4.69, 9.17) is 4.74 Å². The smallest absolute Gasteiger partial charge is 0.306 e. The maximum absolute atomic E-state index is 11.7. The van der Waals surface area contributed by atoms with Crippen molar-refractivity contribution in [2.24, 2.45) is 0 Å². The summed E-state index contributed by atoms with van der Waals surface area (Å²) in [6.45, 7) is 0. The van der Waals surface area contributed by atoms with E-state index in [9.17, 15) is 13.2 Å². The number of aryl methyl sites for hydroxylation is 1. The van der Waals surface area contributed by atoms with Gasteiger partial charge in [-0.2, -0.15) is 0 Å². The first-order valence-electron chi connectivity index (χ1n) is 7.26. The summed E-state index contributed by atoms with van der Waals surface area (Å²) in [7, 11) is -3.00. The third-order valence-electron chi connectivity index (χ3n) is 3.60. The lowest BCUT2D eigenvalue weighted by atomic mass is 10.2. The number of hydrogen-bond donors (Lipinski definition) is 0. The number of ether oxygens (including phenoxy) is 1. The van der Waals surface area contributed by atoms with Gasteiger partial charge in [-0.25, -0.2) is 13.4 Å². The summed E-state index contributed by atoms with van der Waals surface area (Å²) in [6, 6.07) is 7.95. The van der Waals surface area contributed by atoms with E-state index in [1.54, 1.807) is 11.3 Å². The van der Waals surface area contributed by atoms with Crippen LogP contribution in [0.3, 0.4) is 0 Å². The first-order chi connectivity index (χ1) is 10.5. The average molecular weight is 339 g/mol. The van der Waals surface area contributed by atoms with Crippen molar-refractivity contribution >= 4 is 37.4 Å². The standard InChI is InChI=1S/C15H17NO4S2/c17-15(20-11-8-9-22(18,19)10-11)7-3-6-14-16-12-4-1-2-5-13(12)21-14/h1-2,4-5,11H,3,6-10H2. The molecule has 1 aromatic heterocycles. The van der Waals surface area contributed by atoms with Crippen LogP contribution in [-0.4, -0.2) is 37.0 Å². The van der Waals surface area contributed by atoms with Crippen LogP contribution >= 0.6 is 11.3 Å². The van der Waals surface area contributed by atoms with Crippen molar-refractivity contribution < 1.29 is 17.9 Å². The second-order valence-corrected chi connectivity index (χ2v) is 8.79. The highest BCUT2D eigenvalue weighted by atomic mass is 32.2. The molecule has 0 aliphatic carbocycles. The Balaban J connectivity index is 1.45. The number of aromatic nitrogens is 1. The Labute approximate surface area is 133 Å². The van der Waals surface area contributed by atoms with E-state index in [1.165, 1.54) is 0 Å². The van der Waals surface area contributed by atoms with Crippen LogP contribution in [0.4, 0.5) is 0 Å². The van der Waals surface area contributed by atoms with Crippen molar-refractivity contribution in [2.75, 3.05) is 11.5 Å².